The minimum atomic E-state index is 0.636. The Morgan fingerprint density at radius 2 is 1.82 bits per heavy atom. The molecule has 4 aliphatic carbocycles. The molecule has 8 atom stereocenters. The van der Waals surface area contributed by atoms with Gasteiger partial charge in [0.25, 0.3) is 6.47 Å². The Hall–Kier alpha value is -0.530. The van der Waals surface area contributed by atoms with E-state index < -0.39 is 0 Å². The minimum absolute atomic E-state index is 0.636. The quantitative estimate of drug-likeness (QED) is 0.554. The van der Waals surface area contributed by atoms with Crippen molar-refractivity contribution < 1.29 is 9.53 Å². The van der Waals surface area contributed by atoms with Gasteiger partial charge in [0.05, 0.1) is 6.61 Å². The lowest BCUT2D eigenvalue weighted by atomic mass is 9.64. The minimum Gasteiger partial charge on any atom is -0.468 e. The third-order valence-corrected chi connectivity index (χ3v) is 6.84. The molecule has 0 saturated heterocycles. The molecule has 4 aliphatic rings. The molecule has 4 fully saturated rings. The van der Waals surface area contributed by atoms with Gasteiger partial charge in [-0.25, -0.2) is 0 Å². The lowest BCUT2D eigenvalue weighted by molar-refractivity contribution is -0.131. The molecule has 0 spiro atoms. The first-order chi connectivity index (χ1) is 8.31. The highest BCUT2D eigenvalue weighted by atomic mass is 16.5. The van der Waals surface area contributed by atoms with Crippen LogP contribution in [0.3, 0.4) is 0 Å². The monoisotopic (exact) mass is 234 g/mol. The Balaban J connectivity index is 1.59. The van der Waals surface area contributed by atoms with Gasteiger partial charge in [-0.3, -0.25) is 4.79 Å². The summed E-state index contributed by atoms with van der Waals surface area (Å²) in [5.74, 6) is 7.47. The van der Waals surface area contributed by atoms with Crippen LogP contribution < -0.4 is 0 Å². The van der Waals surface area contributed by atoms with Crippen LogP contribution in [-0.4, -0.2) is 13.1 Å². The summed E-state index contributed by atoms with van der Waals surface area (Å²) in [5, 5.41) is 0. The predicted octanol–water partition coefficient (Wildman–Crippen LogP) is 2.72. The van der Waals surface area contributed by atoms with Crippen LogP contribution in [0.25, 0.3) is 0 Å². The summed E-state index contributed by atoms with van der Waals surface area (Å²) < 4.78 is 5.09. The van der Waals surface area contributed by atoms with Gasteiger partial charge in [0.15, 0.2) is 0 Å². The number of carbonyl (C=O) groups excluding carboxylic acids is 1. The Bertz CT molecular complexity index is 340. The first-order valence-corrected chi connectivity index (χ1v) is 7.36. The second-order valence-corrected chi connectivity index (χ2v) is 7.00. The molecule has 0 aromatic rings. The van der Waals surface area contributed by atoms with Crippen molar-refractivity contribution in [3.05, 3.63) is 0 Å². The molecule has 0 aromatic heterocycles. The first-order valence-electron chi connectivity index (χ1n) is 7.36. The van der Waals surface area contributed by atoms with E-state index in [9.17, 15) is 4.79 Å². The van der Waals surface area contributed by atoms with E-state index in [0.29, 0.717) is 19.0 Å². The average molecular weight is 234 g/mol. The van der Waals surface area contributed by atoms with E-state index in [1.54, 1.807) is 0 Å². The van der Waals surface area contributed by atoms with Crippen molar-refractivity contribution in [2.24, 2.45) is 47.3 Å². The van der Waals surface area contributed by atoms with Gasteiger partial charge >= 0.3 is 0 Å². The molecule has 2 heteroatoms. The van der Waals surface area contributed by atoms with Crippen molar-refractivity contribution in [1.29, 1.82) is 0 Å². The normalized spacial score (nSPS) is 58.4. The van der Waals surface area contributed by atoms with Crippen LogP contribution in [-0.2, 0) is 9.53 Å². The molecule has 0 N–H and O–H groups in total. The maximum atomic E-state index is 10.4. The molecule has 0 aliphatic heterocycles. The largest absolute Gasteiger partial charge is 0.468 e. The van der Waals surface area contributed by atoms with Gasteiger partial charge in [-0.15, -0.1) is 0 Å². The van der Waals surface area contributed by atoms with E-state index >= 15 is 0 Å². The maximum Gasteiger partial charge on any atom is 0.293 e. The molecule has 0 radical (unpaired) electrons. The zero-order chi connectivity index (χ0) is 11.6. The lowest BCUT2D eigenvalue weighted by Gasteiger charge is -2.41. The summed E-state index contributed by atoms with van der Waals surface area (Å²) in [6.45, 7) is 3.73. The summed E-state index contributed by atoms with van der Waals surface area (Å²) in [6.07, 6.45) is 5.97. The Morgan fingerprint density at radius 1 is 1.12 bits per heavy atom. The van der Waals surface area contributed by atoms with Crippen molar-refractivity contribution in [3.63, 3.8) is 0 Å². The second-order valence-electron chi connectivity index (χ2n) is 7.00. The fourth-order valence-electron chi connectivity index (χ4n) is 6.44. The van der Waals surface area contributed by atoms with Crippen LogP contribution in [0.5, 0.6) is 0 Å². The molecule has 2 nitrogen and oxygen atoms in total. The van der Waals surface area contributed by atoms with Gasteiger partial charge in [0.1, 0.15) is 0 Å². The number of carbonyl (C=O) groups is 1. The molecule has 8 unspecified atom stereocenters. The van der Waals surface area contributed by atoms with Crippen LogP contribution in [0, 0.1) is 47.3 Å². The Morgan fingerprint density at radius 3 is 2.53 bits per heavy atom. The number of ether oxygens (including phenoxy) is 1. The third-order valence-electron chi connectivity index (χ3n) is 6.84. The van der Waals surface area contributed by atoms with Gasteiger partial charge in [-0.05, 0) is 73.0 Å². The summed E-state index contributed by atoms with van der Waals surface area (Å²) in [6, 6.07) is 0. The zero-order valence-electron chi connectivity index (χ0n) is 10.5. The van der Waals surface area contributed by atoms with Gasteiger partial charge in [0.2, 0.25) is 0 Å². The third kappa shape index (κ3) is 1.19. The van der Waals surface area contributed by atoms with Crippen LogP contribution in [0.4, 0.5) is 0 Å². The smallest absolute Gasteiger partial charge is 0.293 e. The predicted molar refractivity (Wildman–Crippen MR) is 64.1 cm³/mol. The van der Waals surface area contributed by atoms with Crippen LogP contribution >= 0.6 is 0 Å². The standard InChI is InChI=1S/C15H22O2/c1-8-11-5-12(13(8)6-17-7-16)15-10-3-2-9(4-10)14(11)15/h7-15H,2-6H2,1H3. The number of fused-ring (bicyclic) bond motifs is 9. The summed E-state index contributed by atoms with van der Waals surface area (Å²) in [7, 11) is 0. The molecule has 4 rings (SSSR count). The topological polar surface area (TPSA) is 26.3 Å². The van der Waals surface area contributed by atoms with E-state index in [-0.39, 0.29) is 0 Å². The summed E-state index contributed by atoms with van der Waals surface area (Å²) in [4.78, 5) is 10.4. The Kier molecular flexibility index (Phi) is 2.13. The van der Waals surface area contributed by atoms with Gasteiger partial charge in [-0.2, -0.15) is 0 Å². The number of hydrogen-bond donors (Lipinski definition) is 0. The van der Waals surface area contributed by atoms with Crippen LogP contribution in [0.1, 0.15) is 32.6 Å². The fourth-order valence-corrected chi connectivity index (χ4v) is 6.44. The molecule has 0 heterocycles. The molecular weight excluding hydrogens is 212 g/mol. The van der Waals surface area contributed by atoms with Crippen molar-refractivity contribution in [1.82, 2.24) is 0 Å². The van der Waals surface area contributed by atoms with Crippen molar-refractivity contribution in [2.45, 2.75) is 32.6 Å². The SMILES string of the molecule is CC1C(COC=O)C2CC1C1C3CCC(C3)C21. The number of rotatable bonds is 3. The summed E-state index contributed by atoms with van der Waals surface area (Å²) in [5.41, 5.74) is 0. The van der Waals surface area contributed by atoms with Crippen molar-refractivity contribution >= 4 is 6.47 Å². The highest BCUT2D eigenvalue weighted by Gasteiger charge is 2.64. The van der Waals surface area contributed by atoms with Gasteiger partial charge in [0, 0.05) is 0 Å². The van der Waals surface area contributed by atoms with E-state index in [1.807, 2.05) is 0 Å². The van der Waals surface area contributed by atoms with Crippen molar-refractivity contribution in [2.75, 3.05) is 6.61 Å². The molecule has 4 bridgehead atoms. The summed E-state index contributed by atoms with van der Waals surface area (Å²) >= 11 is 0. The molecule has 4 saturated carbocycles. The lowest BCUT2D eigenvalue weighted by Crippen LogP contribution is -2.38. The van der Waals surface area contributed by atoms with Crippen LogP contribution in [0.2, 0.25) is 0 Å². The highest BCUT2D eigenvalue weighted by molar-refractivity contribution is 5.37. The van der Waals surface area contributed by atoms with E-state index in [1.165, 1.54) is 25.7 Å². The molecule has 94 valence electrons. The molecular formula is C15H22O2. The second kappa shape index (κ2) is 3.49. The zero-order valence-corrected chi connectivity index (χ0v) is 10.5. The molecule has 0 aromatic carbocycles. The molecule has 17 heavy (non-hydrogen) atoms. The fraction of sp³-hybridized carbons (Fsp3) is 0.933. The number of hydrogen-bond acceptors (Lipinski definition) is 2. The van der Waals surface area contributed by atoms with Crippen molar-refractivity contribution in [3.8, 4) is 0 Å². The highest BCUT2D eigenvalue weighted by Crippen LogP contribution is 2.70. The first kappa shape index (κ1) is 10.4. The Labute approximate surface area is 103 Å². The molecule has 0 amide bonds. The average Bonchev–Trinajstić information content (AvgIpc) is 3.04. The van der Waals surface area contributed by atoms with E-state index in [2.05, 4.69) is 6.92 Å². The van der Waals surface area contributed by atoms with E-state index in [0.717, 1.165) is 41.4 Å². The van der Waals surface area contributed by atoms with E-state index in [4.69, 9.17) is 4.74 Å². The van der Waals surface area contributed by atoms with Gasteiger partial charge in [-0.1, -0.05) is 6.92 Å². The maximum absolute atomic E-state index is 10.4. The van der Waals surface area contributed by atoms with Gasteiger partial charge < -0.3 is 4.74 Å². The van der Waals surface area contributed by atoms with Crippen LogP contribution in [0.15, 0.2) is 0 Å².